The van der Waals surface area contributed by atoms with Crippen molar-refractivity contribution in [3.63, 3.8) is 0 Å². The first-order valence-corrected chi connectivity index (χ1v) is 12.4. The Morgan fingerprint density at radius 2 is 1.74 bits per heavy atom. The van der Waals surface area contributed by atoms with Crippen molar-refractivity contribution in [3.8, 4) is 0 Å². The molecule has 5 rings (SSSR count). The fraction of sp³-hybridized carbons (Fsp3) is 0.800. The summed E-state index contributed by atoms with van der Waals surface area (Å²) >= 11 is 0. The van der Waals surface area contributed by atoms with Crippen LogP contribution in [0.4, 0.5) is 5.95 Å². The van der Waals surface area contributed by atoms with E-state index in [1.54, 1.807) is 0 Å². The van der Waals surface area contributed by atoms with E-state index in [4.69, 9.17) is 9.97 Å². The molecule has 2 unspecified atom stereocenters. The fourth-order valence-corrected chi connectivity index (χ4v) is 6.75. The van der Waals surface area contributed by atoms with Gasteiger partial charge in [-0.1, -0.05) is 6.92 Å². The van der Waals surface area contributed by atoms with Crippen molar-refractivity contribution in [2.75, 3.05) is 25.0 Å². The average molecular weight is 426 g/mol. The standard InChI is InChI=1S/C25H39N5O/c1-5-23(31)19-8-25(9-19)10-22(11-25)28(4)14-18-12-26-24(27-13-18)30-20-6-7-21(30)16-29(15-20)17(2)3/h12-13,17,19-22H,5-11,14-16H2,1-4H3. The summed E-state index contributed by atoms with van der Waals surface area (Å²) in [5, 5.41) is 0. The van der Waals surface area contributed by atoms with Crippen LogP contribution < -0.4 is 4.90 Å². The summed E-state index contributed by atoms with van der Waals surface area (Å²) in [6.45, 7) is 9.77. The number of anilines is 1. The van der Waals surface area contributed by atoms with Gasteiger partial charge in [-0.3, -0.25) is 14.6 Å². The van der Waals surface area contributed by atoms with E-state index in [0.717, 1.165) is 38.4 Å². The van der Waals surface area contributed by atoms with Crippen LogP contribution in [-0.2, 0) is 11.3 Å². The second-order valence-corrected chi connectivity index (χ2v) is 11.1. The summed E-state index contributed by atoms with van der Waals surface area (Å²) in [7, 11) is 2.23. The number of hydrogen-bond acceptors (Lipinski definition) is 6. The zero-order chi connectivity index (χ0) is 21.8. The minimum atomic E-state index is 0.356. The van der Waals surface area contributed by atoms with Gasteiger partial charge in [0.05, 0.1) is 0 Å². The Bertz CT molecular complexity index is 781. The molecule has 2 atom stereocenters. The zero-order valence-corrected chi connectivity index (χ0v) is 19.8. The molecule has 2 aliphatic heterocycles. The summed E-state index contributed by atoms with van der Waals surface area (Å²) in [6, 6.07) is 2.38. The summed E-state index contributed by atoms with van der Waals surface area (Å²) < 4.78 is 0. The molecule has 1 spiro atoms. The number of carbonyl (C=O) groups excluding carboxylic acids is 1. The molecule has 0 aromatic carbocycles. The third-order valence-corrected chi connectivity index (χ3v) is 8.72. The number of rotatable bonds is 7. The van der Waals surface area contributed by atoms with Gasteiger partial charge in [-0.15, -0.1) is 0 Å². The van der Waals surface area contributed by atoms with Gasteiger partial charge < -0.3 is 4.90 Å². The van der Waals surface area contributed by atoms with Gasteiger partial charge >= 0.3 is 0 Å². The van der Waals surface area contributed by atoms with Crippen molar-refractivity contribution in [3.05, 3.63) is 18.0 Å². The molecule has 2 saturated carbocycles. The molecule has 1 aromatic rings. The first-order valence-electron chi connectivity index (χ1n) is 12.4. The summed E-state index contributed by atoms with van der Waals surface area (Å²) in [5.74, 6) is 1.75. The van der Waals surface area contributed by atoms with Crippen molar-refractivity contribution >= 4 is 11.7 Å². The molecule has 2 aliphatic carbocycles. The van der Waals surface area contributed by atoms with E-state index in [9.17, 15) is 4.79 Å². The van der Waals surface area contributed by atoms with Gasteiger partial charge in [0.25, 0.3) is 0 Å². The minimum absolute atomic E-state index is 0.356. The number of ketones is 1. The second kappa shape index (κ2) is 8.11. The molecule has 0 amide bonds. The average Bonchev–Trinajstić information content (AvgIpc) is 2.95. The lowest BCUT2D eigenvalue weighted by molar-refractivity contribution is -0.140. The summed E-state index contributed by atoms with van der Waals surface area (Å²) in [5.41, 5.74) is 1.68. The molecular formula is C25H39N5O. The highest BCUT2D eigenvalue weighted by Crippen LogP contribution is 2.60. The van der Waals surface area contributed by atoms with E-state index in [-0.39, 0.29) is 0 Å². The van der Waals surface area contributed by atoms with Gasteiger partial charge in [-0.2, -0.15) is 0 Å². The Hall–Kier alpha value is -1.53. The Labute approximate surface area is 187 Å². The molecule has 170 valence electrons. The first kappa shape index (κ1) is 21.3. The van der Waals surface area contributed by atoms with Crippen LogP contribution in [0.1, 0.15) is 71.3 Å². The number of Topliss-reactive ketones (excluding diaryl/α,β-unsaturated/α-hetero) is 1. The van der Waals surface area contributed by atoms with Crippen LogP contribution in [0.5, 0.6) is 0 Å². The molecule has 31 heavy (non-hydrogen) atoms. The van der Waals surface area contributed by atoms with Crippen LogP contribution in [0.15, 0.2) is 12.4 Å². The van der Waals surface area contributed by atoms with Crippen LogP contribution in [0.2, 0.25) is 0 Å². The lowest BCUT2D eigenvalue weighted by atomic mass is 9.49. The Morgan fingerprint density at radius 3 is 2.29 bits per heavy atom. The Kier molecular flexibility index (Phi) is 5.58. The third-order valence-electron chi connectivity index (χ3n) is 8.72. The quantitative estimate of drug-likeness (QED) is 0.666. The molecule has 4 fully saturated rings. The van der Waals surface area contributed by atoms with E-state index >= 15 is 0 Å². The highest BCUT2D eigenvalue weighted by Gasteiger charge is 2.55. The number of aromatic nitrogens is 2. The summed E-state index contributed by atoms with van der Waals surface area (Å²) in [4.78, 5) is 29.0. The molecule has 4 aliphatic rings. The Balaban J connectivity index is 1.13. The number of piperazine rings is 1. The number of hydrogen-bond donors (Lipinski definition) is 0. The lowest BCUT2D eigenvalue weighted by Gasteiger charge is -2.59. The first-order chi connectivity index (χ1) is 14.9. The van der Waals surface area contributed by atoms with Gasteiger partial charge in [0.1, 0.15) is 5.78 Å². The maximum absolute atomic E-state index is 11.9. The van der Waals surface area contributed by atoms with Crippen LogP contribution in [0.3, 0.4) is 0 Å². The number of nitrogens with zero attached hydrogens (tertiary/aromatic N) is 5. The third kappa shape index (κ3) is 3.91. The van der Waals surface area contributed by atoms with Crippen LogP contribution >= 0.6 is 0 Å². The van der Waals surface area contributed by atoms with Crippen LogP contribution in [-0.4, -0.2) is 69.9 Å². The second-order valence-electron chi connectivity index (χ2n) is 11.1. The van der Waals surface area contributed by atoms with Crippen molar-refractivity contribution < 1.29 is 4.79 Å². The normalized spacial score (nSPS) is 35.0. The predicted molar refractivity (Wildman–Crippen MR) is 123 cm³/mol. The number of likely N-dealkylation sites (tertiary alicyclic amines) is 1. The van der Waals surface area contributed by atoms with Crippen molar-refractivity contribution in [2.24, 2.45) is 11.3 Å². The van der Waals surface area contributed by atoms with Crippen LogP contribution in [0, 0.1) is 11.3 Å². The molecule has 6 nitrogen and oxygen atoms in total. The van der Waals surface area contributed by atoms with Crippen molar-refractivity contribution in [1.29, 1.82) is 0 Å². The lowest BCUT2D eigenvalue weighted by Crippen LogP contribution is -2.56. The highest BCUT2D eigenvalue weighted by molar-refractivity contribution is 5.81. The van der Waals surface area contributed by atoms with Gasteiger partial charge in [-0.25, -0.2) is 9.97 Å². The smallest absolute Gasteiger partial charge is 0.225 e. The van der Waals surface area contributed by atoms with Gasteiger partial charge in [-0.05, 0) is 64.8 Å². The van der Waals surface area contributed by atoms with Crippen molar-refractivity contribution in [1.82, 2.24) is 19.8 Å². The predicted octanol–water partition coefficient (Wildman–Crippen LogP) is 3.51. The molecule has 2 saturated heterocycles. The largest absolute Gasteiger partial charge is 0.332 e. The van der Waals surface area contributed by atoms with E-state index in [2.05, 4.69) is 35.6 Å². The van der Waals surface area contributed by atoms with Crippen molar-refractivity contribution in [2.45, 2.75) is 96.4 Å². The Morgan fingerprint density at radius 1 is 1.13 bits per heavy atom. The number of fused-ring (bicyclic) bond motifs is 2. The highest BCUT2D eigenvalue weighted by atomic mass is 16.1. The molecule has 0 radical (unpaired) electrons. The maximum atomic E-state index is 11.9. The number of carbonyl (C=O) groups is 1. The fourth-order valence-electron chi connectivity index (χ4n) is 6.75. The molecule has 0 N–H and O–H groups in total. The van der Waals surface area contributed by atoms with Gasteiger partial charge in [0.2, 0.25) is 5.95 Å². The maximum Gasteiger partial charge on any atom is 0.225 e. The molecule has 3 heterocycles. The monoisotopic (exact) mass is 425 g/mol. The SMILES string of the molecule is CCC(=O)C1CC2(C1)CC(N(C)Cc1cnc(N3C4CCC3CN(C(C)C)C4)nc1)C2. The van der Waals surface area contributed by atoms with E-state index < -0.39 is 0 Å². The molecular weight excluding hydrogens is 386 g/mol. The van der Waals surface area contributed by atoms with E-state index in [0.29, 0.717) is 47.7 Å². The topological polar surface area (TPSA) is 52.6 Å². The molecule has 2 bridgehead atoms. The summed E-state index contributed by atoms with van der Waals surface area (Å²) in [6.07, 6.45) is 12.1. The minimum Gasteiger partial charge on any atom is -0.332 e. The zero-order valence-electron chi connectivity index (χ0n) is 19.8. The molecule has 1 aromatic heterocycles. The van der Waals surface area contributed by atoms with E-state index in [1.807, 2.05) is 19.3 Å². The van der Waals surface area contributed by atoms with E-state index in [1.165, 1.54) is 31.2 Å². The van der Waals surface area contributed by atoms with Gasteiger partial charge in [0, 0.05) is 74.1 Å². The van der Waals surface area contributed by atoms with Crippen LogP contribution in [0.25, 0.3) is 0 Å². The van der Waals surface area contributed by atoms with Gasteiger partial charge in [0.15, 0.2) is 0 Å². The molecule has 6 heteroatoms.